The van der Waals surface area contributed by atoms with Crippen molar-refractivity contribution in [3.63, 3.8) is 0 Å². The number of hydrogen-bond acceptors (Lipinski definition) is 4. The topological polar surface area (TPSA) is 75.8 Å². The van der Waals surface area contributed by atoms with Crippen molar-refractivity contribution in [1.29, 1.82) is 0 Å². The quantitative estimate of drug-likeness (QED) is 0.803. The van der Waals surface area contributed by atoms with Gasteiger partial charge in [-0.2, -0.15) is 0 Å². The third-order valence-corrected chi connectivity index (χ3v) is 4.57. The Bertz CT molecular complexity index is 318. The van der Waals surface area contributed by atoms with E-state index < -0.39 is 11.5 Å². The second kappa shape index (κ2) is 6.20. The molecule has 3 unspecified atom stereocenters. The molecule has 3 atom stereocenters. The first kappa shape index (κ1) is 14.8. The highest BCUT2D eigenvalue weighted by Crippen LogP contribution is 2.29. The zero-order chi connectivity index (χ0) is 13.9. The monoisotopic (exact) mass is 270 g/mol. The Morgan fingerprint density at radius 2 is 2.21 bits per heavy atom. The second-order valence-electron chi connectivity index (χ2n) is 6.14. The molecule has 5 heteroatoms. The molecule has 1 saturated heterocycles. The summed E-state index contributed by atoms with van der Waals surface area (Å²) in [5.41, 5.74) is 4.97. The van der Waals surface area contributed by atoms with Crippen molar-refractivity contribution in [2.45, 2.75) is 62.6 Å². The van der Waals surface area contributed by atoms with Crippen molar-refractivity contribution in [1.82, 2.24) is 4.90 Å². The van der Waals surface area contributed by atoms with Gasteiger partial charge in [-0.15, -0.1) is 0 Å². The number of ether oxygens (including phenoxy) is 1. The van der Waals surface area contributed by atoms with Gasteiger partial charge in [0.05, 0.1) is 6.10 Å². The Labute approximate surface area is 115 Å². The van der Waals surface area contributed by atoms with E-state index in [0.29, 0.717) is 18.9 Å². The lowest BCUT2D eigenvalue weighted by Crippen LogP contribution is -2.55. The van der Waals surface area contributed by atoms with Gasteiger partial charge in [-0.1, -0.05) is 0 Å². The molecule has 1 heterocycles. The summed E-state index contributed by atoms with van der Waals surface area (Å²) in [5.74, 6) is -0.862. The molecule has 2 aliphatic rings. The van der Waals surface area contributed by atoms with Crippen LogP contribution in [0.15, 0.2) is 0 Å². The van der Waals surface area contributed by atoms with Crippen LogP contribution in [0.4, 0.5) is 0 Å². The smallest absolute Gasteiger partial charge is 0.323 e. The van der Waals surface area contributed by atoms with Crippen LogP contribution in [0.5, 0.6) is 0 Å². The molecule has 0 amide bonds. The minimum Gasteiger partial charge on any atom is -0.480 e. The Kier molecular flexibility index (Phi) is 4.81. The molecule has 19 heavy (non-hydrogen) atoms. The third-order valence-electron chi connectivity index (χ3n) is 4.57. The van der Waals surface area contributed by atoms with Gasteiger partial charge in [-0.05, 0) is 52.0 Å². The summed E-state index contributed by atoms with van der Waals surface area (Å²) in [5, 5.41) is 9.25. The summed E-state index contributed by atoms with van der Waals surface area (Å²) in [6, 6.07) is 0.264. The Hall–Kier alpha value is -0.650. The summed E-state index contributed by atoms with van der Waals surface area (Å²) in [6.45, 7) is 1.75. The molecule has 0 radical (unpaired) electrons. The zero-order valence-electron chi connectivity index (χ0n) is 11.8. The highest BCUT2D eigenvalue weighted by molar-refractivity contribution is 5.78. The van der Waals surface area contributed by atoms with Crippen molar-refractivity contribution >= 4 is 5.97 Å². The molecule has 2 fully saturated rings. The number of carboxylic acids is 1. The van der Waals surface area contributed by atoms with Crippen molar-refractivity contribution in [2.75, 3.05) is 20.2 Å². The van der Waals surface area contributed by atoms with Gasteiger partial charge in [-0.25, -0.2) is 0 Å². The van der Waals surface area contributed by atoms with Gasteiger partial charge in [0, 0.05) is 19.2 Å². The lowest BCUT2D eigenvalue weighted by molar-refractivity contribution is -0.145. The van der Waals surface area contributed by atoms with E-state index >= 15 is 0 Å². The molecule has 3 N–H and O–H groups in total. The normalized spacial score (nSPS) is 36.4. The Balaban J connectivity index is 1.87. The maximum atomic E-state index is 11.3. The molecule has 0 aromatic rings. The van der Waals surface area contributed by atoms with Crippen LogP contribution >= 0.6 is 0 Å². The Morgan fingerprint density at radius 3 is 2.84 bits per heavy atom. The highest BCUT2D eigenvalue weighted by Gasteiger charge is 2.40. The first-order valence-corrected chi connectivity index (χ1v) is 7.35. The molecular formula is C14H26N2O3. The van der Waals surface area contributed by atoms with Crippen LogP contribution in [-0.2, 0) is 9.53 Å². The van der Waals surface area contributed by atoms with E-state index in [9.17, 15) is 9.90 Å². The first-order valence-electron chi connectivity index (χ1n) is 7.35. The number of likely N-dealkylation sites (N-methyl/N-ethyl adjacent to an activating group) is 1. The Morgan fingerprint density at radius 1 is 1.42 bits per heavy atom. The summed E-state index contributed by atoms with van der Waals surface area (Å²) in [6.07, 6.45) is 6.88. The van der Waals surface area contributed by atoms with Crippen LogP contribution in [0.3, 0.4) is 0 Å². The van der Waals surface area contributed by atoms with Gasteiger partial charge in [0.15, 0.2) is 0 Å². The average Bonchev–Trinajstić information content (AvgIpc) is 2.40. The highest BCUT2D eigenvalue weighted by atomic mass is 16.5. The van der Waals surface area contributed by atoms with E-state index in [4.69, 9.17) is 10.5 Å². The van der Waals surface area contributed by atoms with E-state index in [0.717, 1.165) is 38.8 Å². The molecule has 1 aliphatic carbocycles. The lowest BCUT2D eigenvalue weighted by atomic mass is 9.79. The fourth-order valence-corrected chi connectivity index (χ4v) is 3.27. The minimum atomic E-state index is -1.04. The first-order chi connectivity index (χ1) is 9.01. The number of aliphatic carboxylic acids is 1. The zero-order valence-corrected chi connectivity index (χ0v) is 11.8. The van der Waals surface area contributed by atoms with Crippen LogP contribution in [0.25, 0.3) is 0 Å². The van der Waals surface area contributed by atoms with Crippen molar-refractivity contribution in [2.24, 2.45) is 5.73 Å². The molecule has 0 spiro atoms. The van der Waals surface area contributed by atoms with Crippen molar-refractivity contribution < 1.29 is 14.6 Å². The van der Waals surface area contributed by atoms with Gasteiger partial charge >= 0.3 is 5.97 Å². The number of rotatable bonds is 4. The van der Waals surface area contributed by atoms with Gasteiger partial charge in [-0.3, -0.25) is 4.79 Å². The van der Waals surface area contributed by atoms with E-state index in [1.807, 2.05) is 0 Å². The molecule has 5 nitrogen and oxygen atoms in total. The average molecular weight is 270 g/mol. The maximum absolute atomic E-state index is 11.3. The van der Waals surface area contributed by atoms with Crippen LogP contribution in [0.1, 0.15) is 44.9 Å². The SMILES string of the molecule is CN(CC1CCCCO1)C1CCCC(N)(C(=O)O)C1. The standard InChI is InChI=1S/C14H26N2O3/c1-16(10-12-6-2-3-8-19-12)11-5-4-7-14(15,9-11)13(17)18/h11-12H,2-10,15H2,1H3,(H,17,18). The van der Waals surface area contributed by atoms with Crippen LogP contribution in [0, 0.1) is 0 Å². The molecule has 1 aliphatic heterocycles. The lowest BCUT2D eigenvalue weighted by Gasteiger charge is -2.40. The van der Waals surface area contributed by atoms with Crippen molar-refractivity contribution in [3.05, 3.63) is 0 Å². The molecule has 2 rings (SSSR count). The predicted octanol–water partition coefficient (Wildman–Crippen LogP) is 1.21. The number of nitrogens with zero attached hydrogens (tertiary/aromatic N) is 1. The number of carboxylic acid groups (broad SMARTS) is 1. The van der Waals surface area contributed by atoms with Gasteiger partial charge < -0.3 is 20.5 Å². The molecule has 0 bridgehead atoms. The van der Waals surface area contributed by atoms with Gasteiger partial charge in [0.25, 0.3) is 0 Å². The summed E-state index contributed by atoms with van der Waals surface area (Å²) in [4.78, 5) is 13.5. The van der Waals surface area contributed by atoms with Gasteiger partial charge in [0.2, 0.25) is 0 Å². The third kappa shape index (κ3) is 3.68. The van der Waals surface area contributed by atoms with Crippen LogP contribution < -0.4 is 5.73 Å². The van der Waals surface area contributed by atoms with Crippen LogP contribution in [-0.4, -0.2) is 53.9 Å². The van der Waals surface area contributed by atoms with E-state index in [1.54, 1.807) is 0 Å². The molecule has 0 aromatic carbocycles. The summed E-state index contributed by atoms with van der Waals surface area (Å²) < 4.78 is 5.75. The number of carbonyl (C=O) groups is 1. The molecule has 1 saturated carbocycles. The molecule has 0 aromatic heterocycles. The minimum absolute atomic E-state index is 0.264. The fourth-order valence-electron chi connectivity index (χ4n) is 3.27. The fraction of sp³-hybridized carbons (Fsp3) is 0.929. The largest absolute Gasteiger partial charge is 0.480 e. The summed E-state index contributed by atoms with van der Waals surface area (Å²) in [7, 11) is 2.07. The second-order valence-corrected chi connectivity index (χ2v) is 6.14. The van der Waals surface area contributed by atoms with E-state index in [1.165, 1.54) is 6.42 Å². The van der Waals surface area contributed by atoms with Gasteiger partial charge in [0.1, 0.15) is 5.54 Å². The molecule has 110 valence electrons. The number of hydrogen-bond donors (Lipinski definition) is 2. The maximum Gasteiger partial charge on any atom is 0.323 e. The van der Waals surface area contributed by atoms with E-state index in [2.05, 4.69) is 11.9 Å². The predicted molar refractivity (Wildman–Crippen MR) is 73.0 cm³/mol. The summed E-state index contributed by atoms with van der Waals surface area (Å²) >= 11 is 0. The van der Waals surface area contributed by atoms with Crippen molar-refractivity contribution in [3.8, 4) is 0 Å². The van der Waals surface area contributed by atoms with E-state index in [-0.39, 0.29) is 6.04 Å². The molecular weight excluding hydrogens is 244 g/mol. The number of nitrogens with two attached hydrogens (primary N) is 1. The van der Waals surface area contributed by atoms with Crippen LogP contribution in [0.2, 0.25) is 0 Å².